The highest BCUT2D eigenvalue weighted by Crippen LogP contribution is 2.21. The lowest BCUT2D eigenvalue weighted by Gasteiger charge is -2.22. The van der Waals surface area contributed by atoms with Crippen molar-refractivity contribution in [3.05, 3.63) is 107 Å². The fourth-order valence-corrected chi connectivity index (χ4v) is 4.21. The van der Waals surface area contributed by atoms with Crippen LogP contribution < -0.4 is 0 Å². The third-order valence-electron chi connectivity index (χ3n) is 4.31. The van der Waals surface area contributed by atoms with Crippen molar-refractivity contribution in [3.63, 3.8) is 0 Å². The minimum absolute atomic E-state index is 0.0904. The molecule has 0 saturated carbocycles. The molecule has 0 radical (unpaired) electrons. The van der Waals surface area contributed by atoms with E-state index in [2.05, 4.69) is 0 Å². The van der Waals surface area contributed by atoms with Crippen LogP contribution in [0.3, 0.4) is 0 Å². The predicted molar refractivity (Wildman–Crippen MR) is 111 cm³/mol. The number of nitrogens with zero attached hydrogens (tertiary/aromatic N) is 1. The van der Waals surface area contributed by atoms with Gasteiger partial charge in [0.25, 0.3) is 0 Å². The summed E-state index contributed by atoms with van der Waals surface area (Å²) in [5.74, 6) is -0.516. The number of hydrogen-bond donors (Lipinski definition) is 0. The Labute approximate surface area is 165 Å². The van der Waals surface area contributed by atoms with Crippen molar-refractivity contribution < 1.29 is 12.8 Å². The van der Waals surface area contributed by atoms with Crippen molar-refractivity contribution >= 4 is 16.1 Å². The number of hydrogen-bond acceptors (Lipinski definition) is 2. The maximum atomic E-state index is 14.7. The molecule has 0 atom stereocenters. The fourth-order valence-electron chi connectivity index (χ4n) is 2.82. The molecule has 28 heavy (non-hydrogen) atoms. The lowest BCUT2D eigenvalue weighted by molar-refractivity contribution is 0.401. The van der Waals surface area contributed by atoms with Crippen LogP contribution in [0, 0.1) is 6.92 Å². The Morgan fingerprint density at radius 1 is 0.893 bits per heavy atom. The number of sulfonamides is 1. The largest absolute Gasteiger partial charge is 0.243 e. The van der Waals surface area contributed by atoms with Gasteiger partial charge in [-0.15, -0.1) is 0 Å². The Balaban J connectivity index is 1.92. The van der Waals surface area contributed by atoms with Crippen molar-refractivity contribution in [2.75, 3.05) is 6.54 Å². The highest BCUT2D eigenvalue weighted by molar-refractivity contribution is 7.89. The van der Waals surface area contributed by atoms with Crippen molar-refractivity contribution in [2.45, 2.75) is 18.4 Å². The molecular formula is C23H22FNO2S. The quantitative estimate of drug-likeness (QED) is 0.552. The van der Waals surface area contributed by atoms with Crippen molar-refractivity contribution in [3.8, 4) is 0 Å². The second-order valence-corrected chi connectivity index (χ2v) is 8.51. The zero-order valence-corrected chi connectivity index (χ0v) is 16.4. The molecule has 144 valence electrons. The van der Waals surface area contributed by atoms with Crippen LogP contribution in [-0.4, -0.2) is 19.3 Å². The van der Waals surface area contributed by atoms with Crippen LogP contribution in [0.5, 0.6) is 0 Å². The van der Waals surface area contributed by atoms with Crippen molar-refractivity contribution in [2.24, 2.45) is 0 Å². The predicted octanol–water partition coefficient (Wildman–Crippen LogP) is 5.20. The minimum atomic E-state index is -3.85. The summed E-state index contributed by atoms with van der Waals surface area (Å²) in [4.78, 5) is 0.154. The molecule has 0 fully saturated rings. The van der Waals surface area contributed by atoms with E-state index in [1.807, 2.05) is 55.5 Å². The molecular weight excluding hydrogens is 373 g/mol. The van der Waals surface area contributed by atoms with Crippen LogP contribution in [0.4, 0.5) is 4.39 Å². The molecule has 0 aromatic heterocycles. The molecule has 3 aromatic carbocycles. The van der Waals surface area contributed by atoms with E-state index in [9.17, 15) is 12.8 Å². The Morgan fingerprint density at radius 2 is 1.46 bits per heavy atom. The van der Waals surface area contributed by atoms with Gasteiger partial charge in [0.1, 0.15) is 5.83 Å². The molecule has 0 unspecified atom stereocenters. The van der Waals surface area contributed by atoms with Gasteiger partial charge >= 0.3 is 0 Å². The van der Waals surface area contributed by atoms with Gasteiger partial charge in [-0.3, -0.25) is 0 Å². The average molecular weight is 395 g/mol. The van der Waals surface area contributed by atoms with Crippen LogP contribution in [0.1, 0.15) is 16.7 Å². The smallest absolute Gasteiger partial charge is 0.210 e. The third-order valence-corrected chi connectivity index (χ3v) is 6.12. The van der Waals surface area contributed by atoms with Gasteiger partial charge in [0.05, 0.1) is 11.4 Å². The minimum Gasteiger partial charge on any atom is -0.210 e. The van der Waals surface area contributed by atoms with Crippen LogP contribution in [-0.2, 0) is 16.6 Å². The molecule has 0 spiro atoms. The standard InChI is InChI=1S/C23H22FNO2S/c1-19-12-14-23(15-13-19)28(26,27)25(17-21-10-6-3-7-11-21)18-22(24)16-20-8-4-2-5-9-20/h2-16H,17-18H2,1H3/b22-16-. The number of halogens is 1. The summed E-state index contributed by atoms with van der Waals surface area (Å²) in [5.41, 5.74) is 2.45. The molecule has 0 amide bonds. The lowest BCUT2D eigenvalue weighted by atomic mass is 10.2. The summed E-state index contributed by atoms with van der Waals surface area (Å²) in [7, 11) is -3.85. The Hall–Kier alpha value is -2.76. The monoisotopic (exact) mass is 395 g/mol. The van der Waals surface area contributed by atoms with Gasteiger partial charge in [-0.1, -0.05) is 78.4 Å². The maximum absolute atomic E-state index is 14.7. The van der Waals surface area contributed by atoms with Crippen LogP contribution in [0.2, 0.25) is 0 Å². The molecule has 0 saturated heterocycles. The summed E-state index contributed by atoms with van der Waals surface area (Å²) in [6.45, 7) is 1.65. The third kappa shape index (κ3) is 5.15. The Morgan fingerprint density at radius 3 is 2.07 bits per heavy atom. The van der Waals surface area contributed by atoms with E-state index in [4.69, 9.17) is 0 Å². The highest BCUT2D eigenvalue weighted by Gasteiger charge is 2.25. The summed E-state index contributed by atoms with van der Waals surface area (Å²) in [6, 6.07) is 24.8. The molecule has 0 aliphatic carbocycles. The molecule has 3 aromatic rings. The zero-order valence-electron chi connectivity index (χ0n) is 15.6. The molecule has 0 heterocycles. The van der Waals surface area contributed by atoms with Crippen molar-refractivity contribution in [1.29, 1.82) is 0 Å². The summed E-state index contributed by atoms with van der Waals surface area (Å²) < 4.78 is 42.2. The van der Waals surface area contributed by atoms with Gasteiger partial charge in [0.15, 0.2) is 0 Å². The van der Waals surface area contributed by atoms with E-state index in [0.717, 1.165) is 11.1 Å². The molecule has 3 nitrogen and oxygen atoms in total. The number of aryl methyl sites for hydroxylation is 1. The fraction of sp³-hybridized carbons (Fsp3) is 0.130. The molecule has 0 aliphatic rings. The summed E-state index contributed by atoms with van der Waals surface area (Å²) in [5, 5.41) is 0. The van der Waals surface area contributed by atoms with Crippen molar-refractivity contribution in [1.82, 2.24) is 4.31 Å². The Bertz CT molecular complexity index is 1030. The second-order valence-electron chi connectivity index (χ2n) is 6.57. The topological polar surface area (TPSA) is 37.4 Å². The summed E-state index contributed by atoms with van der Waals surface area (Å²) >= 11 is 0. The summed E-state index contributed by atoms with van der Waals surface area (Å²) in [6.07, 6.45) is 1.36. The van der Waals surface area contributed by atoms with Gasteiger partial charge in [0.2, 0.25) is 10.0 Å². The molecule has 0 bridgehead atoms. The van der Waals surface area contributed by atoms with Gasteiger partial charge < -0.3 is 0 Å². The van der Waals surface area contributed by atoms with E-state index in [1.165, 1.54) is 10.4 Å². The first kappa shape index (κ1) is 20.0. The molecule has 0 aliphatic heterocycles. The van der Waals surface area contributed by atoms with Crippen LogP contribution in [0.15, 0.2) is 95.7 Å². The highest BCUT2D eigenvalue weighted by atomic mass is 32.2. The first-order valence-corrected chi connectivity index (χ1v) is 10.4. The zero-order chi connectivity index (χ0) is 20.0. The molecule has 3 rings (SSSR count). The first-order chi connectivity index (χ1) is 13.4. The maximum Gasteiger partial charge on any atom is 0.243 e. The van der Waals surface area contributed by atoms with Gasteiger partial charge in [-0.2, -0.15) is 4.31 Å². The van der Waals surface area contributed by atoms with E-state index in [-0.39, 0.29) is 18.0 Å². The average Bonchev–Trinajstić information content (AvgIpc) is 2.69. The molecule has 0 N–H and O–H groups in total. The normalized spacial score (nSPS) is 12.3. The Kier molecular flexibility index (Phi) is 6.39. The van der Waals surface area contributed by atoms with E-state index in [0.29, 0.717) is 5.56 Å². The lowest BCUT2D eigenvalue weighted by Crippen LogP contribution is -2.32. The van der Waals surface area contributed by atoms with E-state index < -0.39 is 15.9 Å². The van der Waals surface area contributed by atoms with Crippen LogP contribution in [0.25, 0.3) is 6.08 Å². The van der Waals surface area contributed by atoms with Crippen LogP contribution >= 0.6 is 0 Å². The van der Waals surface area contributed by atoms with Gasteiger partial charge in [0, 0.05) is 6.54 Å². The first-order valence-electron chi connectivity index (χ1n) is 8.97. The number of rotatable bonds is 7. The van der Waals surface area contributed by atoms with Gasteiger partial charge in [-0.05, 0) is 36.3 Å². The van der Waals surface area contributed by atoms with E-state index in [1.54, 1.807) is 36.4 Å². The van der Waals surface area contributed by atoms with E-state index >= 15 is 0 Å². The SMILES string of the molecule is Cc1ccc(S(=O)(=O)N(C/C(F)=C/c2ccccc2)Cc2ccccc2)cc1. The molecule has 5 heteroatoms. The number of benzene rings is 3. The van der Waals surface area contributed by atoms with Gasteiger partial charge in [-0.25, -0.2) is 12.8 Å². The second kappa shape index (κ2) is 8.95.